The van der Waals surface area contributed by atoms with Gasteiger partial charge < -0.3 is 25.4 Å². The largest absolute Gasteiger partial charge is 0.508 e. The molecular weight excluding hydrogens is 530 g/mol. The molecule has 0 bridgehead atoms. The van der Waals surface area contributed by atoms with Crippen molar-refractivity contribution < 1.29 is 24.2 Å². The third-order valence-corrected chi connectivity index (χ3v) is 7.42. The number of amides is 3. The first kappa shape index (κ1) is 30.6. The standard InChI is InChI=1S/C34H41N3O5/c1-21-11-10-12-22(2)29(21)36-31(39)30(25-13-8-7-9-14-25)37(28-19-23(28)3)32(40)27(35-33(41)42-34(4,5)6)20-24-15-17-26(38)18-16-24/h7-18,23,27-28,30,38H,19-20H2,1-6H3,(H,35,41)(H,36,39). The summed E-state index contributed by atoms with van der Waals surface area (Å²) in [6.07, 6.45) is 0.166. The van der Waals surface area contributed by atoms with E-state index in [4.69, 9.17) is 4.74 Å². The van der Waals surface area contributed by atoms with Crippen LogP contribution in [0.15, 0.2) is 72.8 Å². The third kappa shape index (κ3) is 7.69. The number of phenols is 1. The summed E-state index contributed by atoms with van der Waals surface area (Å²) in [6.45, 7) is 11.2. The Labute approximate surface area is 248 Å². The molecule has 0 aliphatic heterocycles. The van der Waals surface area contributed by atoms with E-state index in [1.54, 1.807) is 37.8 Å². The number of alkyl carbamates (subject to hydrolysis) is 1. The minimum Gasteiger partial charge on any atom is -0.508 e. The van der Waals surface area contributed by atoms with Crippen LogP contribution in [0.3, 0.4) is 0 Å². The minimum atomic E-state index is -1.02. The van der Waals surface area contributed by atoms with Crippen LogP contribution >= 0.6 is 0 Å². The quantitative estimate of drug-likeness (QED) is 0.289. The van der Waals surface area contributed by atoms with E-state index < -0.39 is 23.8 Å². The smallest absolute Gasteiger partial charge is 0.408 e. The van der Waals surface area contributed by atoms with Crippen LogP contribution in [0.25, 0.3) is 0 Å². The van der Waals surface area contributed by atoms with Crippen LogP contribution in [0.5, 0.6) is 5.75 Å². The van der Waals surface area contributed by atoms with Crippen molar-refractivity contribution in [2.75, 3.05) is 5.32 Å². The fourth-order valence-corrected chi connectivity index (χ4v) is 5.15. The van der Waals surface area contributed by atoms with Gasteiger partial charge in [-0.3, -0.25) is 9.59 Å². The van der Waals surface area contributed by atoms with Gasteiger partial charge in [-0.1, -0.05) is 67.6 Å². The number of phenolic OH excluding ortho intramolecular Hbond substituents is 1. The summed E-state index contributed by atoms with van der Waals surface area (Å²) in [6, 6.07) is 19.4. The summed E-state index contributed by atoms with van der Waals surface area (Å²) in [5, 5.41) is 15.7. The van der Waals surface area contributed by atoms with E-state index in [0.29, 0.717) is 11.3 Å². The summed E-state index contributed by atoms with van der Waals surface area (Å²) >= 11 is 0. The number of anilines is 1. The van der Waals surface area contributed by atoms with Gasteiger partial charge in [0.05, 0.1) is 0 Å². The van der Waals surface area contributed by atoms with Gasteiger partial charge in [-0.2, -0.15) is 0 Å². The molecule has 3 aromatic rings. The molecule has 3 N–H and O–H groups in total. The summed E-state index contributed by atoms with van der Waals surface area (Å²) in [4.78, 5) is 43.4. The number of rotatable bonds is 9. The lowest BCUT2D eigenvalue weighted by atomic mass is 9.99. The van der Waals surface area contributed by atoms with Crippen molar-refractivity contribution >= 4 is 23.6 Å². The summed E-state index contributed by atoms with van der Waals surface area (Å²) in [5.41, 5.74) is 3.21. The molecule has 0 radical (unpaired) electrons. The molecule has 1 aliphatic carbocycles. The molecule has 0 spiro atoms. The Kier molecular flexibility index (Phi) is 9.24. The van der Waals surface area contributed by atoms with E-state index >= 15 is 0 Å². The van der Waals surface area contributed by atoms with Crippen molar-refractivity contribution in [1.29, 1.82) is 0 Å². The maximum atomic E-state index is 14.6. The van der Waals surface area contributed by atoms with Gasteiger partial charge in [0.25, 0.3) is 5.91 Å². The maximum absolute atomic E-state index is 14.6. The van der Waals surface area contributed by atoms with Gasteiger partial charge in [0, 0.05) is 18.2 Å². The number of carbonyl (C=O) groups excluding carboxylic acids is 3. The first-order valence-corrected chi connectivity index (χ1v) is 14.4. The number of nitrogens with one attached hydrogen (secondary N) is 2. The van der Waals surface area contributed by atoms with Crippen LogP contribution in [0.2, 0.25) is 0 Å². The Bertz CT molecular complexity index is 1400. The van der Waals surface area contributed by atoms with Gasteiger partial charge in [-0.05, 0) is 81.3 Å². The van der Waals surface area contributed by atoms with Crippen LogP contribution in [0.1, 0.15) is 62.4 Å². The molecule has 8 heteroatoms. The number of ether oxygens (including phenoxy) is 1. The fraction of sp³-hybridized carbons (Fsp3) is 0.382. The lowest BCUT2D eigenvalue weighted by Gasteiger charge is -2.35. The average molecular weight is 572 g/mol. The van der Waals surface area contributed by atoms with Gasteiger partial charge in [0.2, 0.25) is 5.91 Å². The lowest BCUT2D eigenvalue weighted by molar-refractivity contribution is -0.141. The number of para-hydroxylation sites is 1. The Morgan fingerprint density at radius 3 is 2.10 bits per heavy atom. The van der Waals surface area contributed by atoms with Gasteiger partial charge in [-0.25, -0.2) is 4.79 Å². The molecule has 1 aliphatic rings. The number of aryl methyl sites for hydroxylation is 2. The molecule has 4 atom stereocenters. The number of carbonyl (C=O) groups is 3. The van der Waals surface area contributed by atoms with Crippen molar-refractivity contribution in [3.63, 3.8) is 0 Å². The Morgan fingerprint density at radius 1 is 0.952 bits per heavy atom. The zero-order valence-electron chi connectivity index (χ0n) is 25.2. The Hall–Kier alpha value is -4.33. The summed E-state index contributed by atoms with van der Waals surface area (Å²) in [5.74, 6) is -0.424. The van der Waals surface area contributed by atoms with E-state index in [1.165, 1.54) is 12.1 Å². The van der Waals surface area contributed by atoms with Crippen LogP contribution < -0.4 is 10.6 Å². The molecule has 3 aromatic carbocycles. The zero-order valence-corrected chi connectivity index (χ0v) is 25.2. The molecule has 4 rings (SSSR count). The highest BCUT2D eigenvalue weighted by molar-refractivity contribution is 6.00. The number of benzene rings is 3. The number of nitrogens with zero attached hydrogens (tertiary/aromatic N) is 1. The molecule has 0 aromatic heterocycles. The maximum Gasteiger partial charge on any atom is 0.408 e. The van der Waals surface area contributed by atoms with Gasteiger partial charge in [-0.15, -0.1) is 0 Å². The van der Waals surface area contributed by atoms with E-state index in [-0.39, 0.29) is 35.9 Å². The van der Waals surface area contributed by atoms with E-state index in [9.17, 15) is 19.5 Å². The normalized spacial score (nSPS) is 17.5. The van der Waals surface area contributed by atoms with Gasteiger partial charge in [0.15, 0.2) is 0 Å². The van der Waals surface area contributed by atoms with Crippen molar-refractivity contribution in [2.24, 2.45) is 5.92 Å². The topological polar surface area (TPSA) is 108 Å². The highest BCUT2D eigenvalue weighted by atomic mass is 16.6. The van der Waals surface area contributed by atoms with Crippen LogP contribution in [0, 0.1) is 19.8 Å². The second-order valence-electron chi connectivity index (χ2n) is 12.2. The number of hydrogen-bond acceptors (Lipinski definition) is 5. The van der Waals surface area contributed by atoms with Crippen LogP contribution in [-0.2, 0) is 20.7 Å². The Morgan fingerprint density at radius 2 is 1.55 bits per heavy atom. The lowest BCUT2D eigenvalue weighted by Crippen LogP contribution is -2.54. The fourth-order valence-electron chi connectivity index (χ4n) is 5.15. The van der Waals surface area contributed by atoms with E-state index in [1.807, 2.05) is 69.3 Å². The van der Waals surface area contributed by atoms with Crippen molar-refractivity contribution in [1.82, 2.24) is 10.2 Å². The average Bonchev–Trinajstić information content (AvgIpc) is 3.64. The molecule has 222 valence electrons. The minimum absolute atomic E-state index is 0.0995. The van der Waals surface area contributed by atoms with Crippen LogP contribution in [0.4, 0.5) is 10.5 Å². The summed E-state index contributed by atoms with van der Waals surface area (Å²) < 4.78 is 5.51. The number of aromatic hydroxyl groups is 1. The molecule has 0 saturated heterocycles. The molecule has 3 amide bonds. The van der Waals surface area contributed by atoms with E-state index in [2.05, 4.69) is 10.6 Å². The zero-order chi connectivity index (χ0) is 30.6. The van der Waals surface area contributed by atoms with Crippen molar-refractivity contribution in [3.8, 4) is 5.75 Å². The van der Waals surface area contributed by atoms with E-state index in [0.717, 1.165) is 23.1 Å². The third-order valence-electron chi connectivity index (χ3n) is 7.42. The molecule has 4 unspecified atom stereocenters. The predicted molar refractivity (Wildman–Crippen MR) is 163 cm³/mol. The van der Waals surface area contributed by atoms with Gasteiger partial charge >= 0.3 is 6.09 Å². The highest BCUT2D eigenvalue weighted by Crippen LogP contribution is 2.41. The van der Waals surface area contributed by atoms with Gasteiger partial charge in [0.1, 0.15) is 23.4 Å². The molecular formula is C34H41N3O5. The molecule has 0 heterocycles. The SMILES string of the molecule is Cc1cccc(C)c1NC(=O)C(c1ccccc1)N(C(=O)C(Cc1ccc(O)cc1)NC(=O)OC(C)(C)C)C1CC1C. The van der Waals surface area contributed by atoms with Crippen molar-refractivity contribution in [3.05, 3.63) is 95.1 Å². The molecule has 8 nitrogen and oxygen atoms in total. The summed E-state index contributed by atoms with van der Waals surface area (Å²) in [7, 11) is 0. The second-order valence-corrected chi connectivity index (χ2v) is 12.2. The highest BCUT2D eigenvalue weighted by Gasteiger charge is 2.48. The van der Waals surface area contributed by atoms with Crippen LogP contribution in [-0.4, -0.2) is 45.6 Å². The Balaban J connectivity index is 1.75. The molecule has 42 heavy (non-hydrogen) atoms. The monoisotopic (exact) mass is 571 g/mol. The predicted octanol–water partition coefficient (Wildman–Crippen LogP) is 6.06. The first-order valence-electron chi connectivity index (χ1n) is 14.4. The second kappa shape index (κ2) is 12.7. The first-order chi connectivity index (χ1) is 19.8. The molecule has 1 saturated carbocycles. The molecule has 1 fully saturated rings. The van der Waals surface area contributed by atoms with Crippen molar-refractivity contribution in [2.45, 2.75) is 78.1 Å². The number of hydrogen-bond donors (Lipinski definition) is 3.